The monoisotopic (exact) mass is 1280 g/mol. The second kappa shape index (κ2) is 31.7. The summed E-state index contributed by atoms with van der Waals surface area (Å²) in [5.41, 5.74) is -16.0. The molecule has 4 rings (SSSR count). The largest absolute Gasteiger partial charge is 0.864 e. The third-order valence-electron chi connectivity index (χ3n) is 13.5. The van der Waals surface area contributed by atoms with E-state index in [1.54, 1.807) is 6.07 Å². The molecule has 0 unspecified atom stereocenters. The molecule has 0 fully saturated rings. The van der Waals surface area contributed by atoms with Gasteiger partial charge in [-0.15, -0.1) is 6.07 Å². The second-order valence-corrected chi connectivity index (χ2v) is 20.6. The van der Waals surface area contributed by atoms with Crippen molar-refractivity contribution in [2.75, 3.05) is 19.6 Å². The number of halogens is 24. The maximum atomic E-state index is 15.4. The van der Waals surface area contributed by atoms with E-state index in [9.17, 15) is 92.2 Å². The molecule has 0 radical (unpaired) electrons. The van der Waals surface area contributed by atoms with Crippen molar-refractivity contribution in [3.05, 3.63) is 123 Å². The normalized spacial score (nSPS) is 13.2. The highest BCUT2D eigenvalue weighted by molar-refractivity contribution is 6.39. The van der Waals surface area contributed by atoms with Crippen molar-refractivity contribution in [1.82, 2.24) is 0 Å². The topological polar surface area (TPSA) is 27.7 Å². The fraction of sp³-hybridized carbons (Fsp3) is 0.579. The van der Waals surface area contributed by atoms with Crippen LogP contribution in [0.25, 0.3) is 0 Å². The average Bonchev–Trinajstić information content (AvgIpc) is 0.926. The Kier molecular flexibility index (Phi) is 27.6. The van der Waals surface area contributed by atoms with Gasteiger partial charge in [0.15, 0.2) is 0 Å². The van der Waals surface area contributed by atoms with Crippen LogP contribution in [-0.2, 0) is 56.0 Å². The van der Waals surface area contributed by atoms with E-state index in [1.165, 1.54) is 0 Å². The number of unbranched alkanes of at least 4 members (excludes halogenated alkanes) is 15. The van der Waals surface area contributed by atoms with E-state index in [-0.39, 0.29) is 78.7 Å². The van der Waals surface area contributed by atoms with Crippen LogP contribution in [0.4, 0.5) is 105 Å². The summed E-state index contributed by atoms with van der Waals surface area (Å²) in [6.07, 6.45) is -29.8. The second-order valence-electron chi connectivity index (χ2n) is 20.6. The minimum atomic E-state index is -5.63. The van der Waals surface area contributed by atoms with Crippen LogP contribution in [0.15, 0.2) is 66.7 Å². The Hall–Kier alpha value is -5.38. The van der Waals surface area contributed by atoms with Crippen LogP contribution in [0, 0.1) is 6.07 Å². The summed E-state index contributed by atoms with van der Waals surface area (Å²) in [4.78, 5) is 0. The molecule has 0 N–H and O–H groups in total. The Morgan fingerprint density at radius 2 is 0.605 bits per heavy atom. The first-order valence-electron chi connectivity index (χ1n) is 27.4. The zero-order valence-electron chi connectivity index (χ0n) is 46.7. The van der Waals surface area contributed by atoms with Crippen LogP contribution in [0.5, 0.6) is 17.2 Å². The molecule has 0 bridgehead atoms. The minimum Gasteiger partial charge on any atom is -0.490 e. The Balaban J connectivity index is 0.00000121. The van der Waals surface area contributed by atoms with Crippen molar-refractivity contribution in [3.8, 4) is 17.2 Å². The SMILES string of the molecule is CCCCCCCC[N+](CCCCCCCC)(CCCCCCCC)Cc1c(OB(Oc2cc(C(F)(F)F)cc(C(F)(F)F)c2)Oc2cc(C(F)(F)F)cc(C(F)(F)F)c2)cc(C(F)(F)F)cc1C(F)(F)F.FC(F)(F)c1c[c-]cc(C(F)(F)F)c1. The molecule has 0 saturated carbocycles. The standard InChI is InChI=1S/C49H61BF18NO3.C8H3F6/c1-4-7-10-13-16-19-22-69(23-20-17-14-11-8-5-2,24-21-18-15-12-9-6-3)33-41-42(49(66,67)68)31-38(48(63,64)65)32-43(41)72-50(70-39-27-34(44(51,52)53)25-35(28-39)45(54,55)56)71-40-29-36(46(57,58)59)26-37(30-40)47(60,61)62;9-7(10,11)5-2-1-3-6(4-5)8(12,13)14/h25-32H,4-24,33H2,1-3H3;2-4H/q+1;-1. The molecule has 0 aromatic heterocycles. The van der Waals surface area contributed by atoms with E-state index in [0.717, 1.165) is 77.0 Å². The number of alkyl halides is 24. The third kappa shape index (κ3) is 25.4. The van der Waals surface area contributed by atoms with Crippen LogP contribution in [0.1, 0.15) is 186 Å². The van der Waals surface area contributed by atoms with Crippen molar-refractivity contribution >= 4 is 7.32 Å². The first-order chi connectivity index (χ1) is 39.5. The lowest BCUT2D eigenvalue weighted by atomic mass is 9.97. The maximum absolute atomic E-state index is 15.4. The highest BCUT2D eigenvalue weighted by Crippen LogP contribution is 2.46. The van der Waals surface area contributed by atoms with Gasteiger partial charge in [-0.05, 0) is 87.1 Å². The molecular weight excluding hydrogens is 1210 g/mol. The maximum Gasteiger partial charge on any atom is 0.864 e. The first-order valence-corrected chi connectivity index (χ1v) is 27.4. The van der Waals surface area contributed by atoms with E-state index in [0.29, 0.717) is 50.7 Å². The zero-order chi connectivity index (χ0) is 65.2. The Morgan fingerprint density at radius 1 is 0.326 bits per heavy atom. The van der Waals surface area contributed by atoms with E-state index in [2.05, 4.69) is 0 Å². The molecule has 86 heavy (non-hydrogen) atoms. The lowest BCUT2D eigenvalue weighted by molar-refractivity contribution is -0.941. The van der Waals surface area contributed by atoms with Crippen molar-refractivity contribution < 1.29 is 124 Å². The van der Waals surface area contributed by atoms with Gasteiger partial charge in [-0.1, -0.05) is 109 Å². The summed E-state index contributed by atoms with van der Waals surface area (Å²) in [7, 11) is -3.26. The Bertz CT molecular complexity index is 2460. The molecule has 0 spiro atoms. The van der Waals surface area contributed by atoms with Crippen LogP contribution in [0.2, 0.25) is 0 Å². The fourth-order valence-electron chi connectivity index (χ4n) is 9.11. The summed E-state index contributed by atoms with van der Waals surface area (Å²) < 4.78 is 345. The molecule has 0 saturated heterocycles. The molecule has 4 nitrogen and oxygen atoms in total. The molecule has 0 amide bonds. The first kappa shape index (κ1) is 74.9. The van der Waals surface area contributed by atoms with E-state index >= 15 is 13.2 Å². The van der Waals surface area contributed by atoms with E-state index < -0.39 is 131 Å². The summed E-state index contributed by atoms with van der Waals surface area (Å²) in [5.74, 6) is -4.55. The highest BCUT2D eigenvalue weighted by atomic mass is 19.4. The number of hydrogen-bond acceptors (Lipinski definition) is 3. The van der Waals surface area contributed by atoms with Crippen molar-refractivity contribution in [3.63, 3.8) is 0 Å². The van der Waals surface area contributed by atoms with Crippen LogP contribution >= 0.6 is 0 Å². The van der Waals surface area contributed by atoms with Gasteiger partial charge in [0.25, 0.3) is 0 Å². The lowest BCUT2D eigenvalue weighted by Gasteiger charge is -2.40. The summed E-state index contributed by atoms with van der Waals surface area (Å²) >= 11 is 0. The smallest absolute Gasteiger partial charge is 0.490 e. The fourth-order valence-corrected chi connectivity index (χ4v) is 9.11. The summed E-state index contributed by atoms with van der Waals surface area (Å²) in [6.45, 7) is 5.81. The highest BCUT2D eigenvalue weighted by Gasteiger charge is 2.46. The van der Waals surface area contributed by atoms with Gasteiger partial charge in [-0.3, -0.25) is 0 Å². The number of rotatable bonds is 29. The van der Waals surface area contributed by atoms with E-state index in [4.69, 9.17) is 14.0 Å². The Morgan fingerprint density at radius 3 is 0.895 bits per heavy atom. The lowest BCUT2D eigenvalue weighted by Crippen LogP contribution is -2.50. The minimum absolute atomic E-state index is 0.0276. The van der Waals surface area contributed by atoms with Crippen LogP contribution in [0.3, 0.4) is 0 Å². The van der Waals surface area contributed by atoms with Gasteiger partial charge in [0.1, 0.15) is 23.8 Å². The quantitative estimate of drug-likeness (QED) is 0.0178. The Labute approximate surface area is 482 Å². The van der Waals surface area contributed by atoms with Crippen LogP contribution in [-0.4, -0.2) is 31.4 Å². The molecular formula is C57H64BF24NO3. The number of nitrogens with zero attached hydrogens (tertiary/aromatic N) is 1. The molecule has 0 aliphatic rings. The predicted octanol–water partition coefficient (Wildman–Crippen LogP) is 22.2. The van der Waals surface area contributed by atoms with Crippen molar-refractivity contribution in [2.24, 2.45) is 0 Å². The predicted molar refractivity (Wildman–Crippen MR) is 271 cm³/mol. The van der Waals surface area contributed by atoms with E-state index in [1.807, 2.05) is 20.8 Å². The van der Waals surface area contributed by atoms with Crippen molar-refractivity contribution in [2.45, 2.75) is 192 Å². The molecule has 4 aromatic carbocycles. The van der Waals surface area contributed by atoms with Gasteiger partial charge in [0, 0.05) is 0 Å². The molecule has 0 heterocycles. The van der Waals surface area contributed by atoms with Gasteiger partial charge in [0.2, 0.25) is 0 Å². The van der Waals surface area contributed by atoms with Gasteiger partial charge in [-0.25, -0.2) is 0 Å². The van der Waals surface area contributed by atoms with Gasteiger partial charge < -0.3 is 18.4 Å². The molecule has 29 heteroatoms. The number of benzene rings is 4. The van der Waals surface area contributed by atoms with Gasteiger partial charge in [0.05, 0.1) is 58.6 Å². The zero-order valence-corrected chi connectivity index (χ0v) is 46.7. The summed E-state index contributed by atoms with van der Waals surface area (Å²) in [5, 5.41) is 0. The van der Waals surface area contributed by atoms with Gasteiger partial charge in [-0.2, -0.15) is 124 Å². The van der Waals surface area contributed by atoms with Crippen molar-refractivity contribution in [1.29, 1.82) is 0 Å². The third-order valence-corrected chi connectivity index (χ3v) is 13.5. The molecule has 486 valence electrons. The summed E-state index contributed by atoms with van der Waals surface area (Å²) in [6, 6.07) is 1.33. The molecule has 0 aliphatic carbocycles. The van der Waals surface area contributed by atoms with Crippen LogP contribution < -0.4 is 14.0 Å². The molecule has 4 aromatic rings. The number of quaternary nitrogens is 1. The average molecular weight is 1280 g/mol. The molecule has 0 aliphatic heterocycles. The molecule has 0 atom stereocenters. The van der Waals surface area contributed by atoms with Gasteiger partial charge >= 0.3 is 56.7 Å². The number of hydrogen-bond donors (Lipinski definition) is 0.